The lowest BCUT2D eigenvalue weighted by molar-refractivity contribution is 0.602. The van der Waals surface area contributed by atoms with Crippen LogP contribution in [0.5, 0.6) is 0 Å². The van der Waals surface area contributed by atoms with Crippen LogP contribution in [-0.2, 0) is 10.0 Å². The Morgan fingerprint density at radius 1 is 0.929 bits per heavy atom. The summed E-state index contributed by atoms with van der Waals surface area (Å²) < 4.78 is 29.1. The molecule has 28 heavy (non-hydrogen) atoms. The summed E-state index contributed by atoms with van der Waals surface area (Å²) in [4.78, 5) is 5.14. The predicted molar refractivity (Wildman–Crippen MR) is 117 cm³/mol. The van der Waals surface area contributed by atoms with E-state index in [9.17, 15) is 8.42 Å². The van der Waals surface area contributed by atoms with Gasteiger partial charge in [-0.05, 0) is 24.3 Å². The van der Waals surface area contributed by atoms with Crippen LogP contribution in [0.25, 0.3) is 21.7 Å². The highest BCUT2D eigenvalue weighted by Gasteiger charge is 2.21. The molecule has 0 saturated heterocycles. The van der Waals surface area contributed by atoms with E-state index in [1.54, 1.807) is 36.5 Å². The summed E-state index contributed by atoms with van der Waals surface area (Å²) >= 11 is 12.4. The van der Waals surface area contributed by atoms with Gasteiger partial charge in [-0.3, -0.25) is 4.72 Å². The number of fused-ring (bicyclic) bond motifs is 2. The van der Waals surface area contributed by atoms with Crippen LogP contribution in [0.1, 0.15) is 0 Å². The van der Waals surface area contributed by atoms with Gasteiger partial charge in [0.15, 0.2) is 0 Å². The van der Waals surface area contributed by atoms with Gasteiger partial charge in [-0.1, -0.05) is 47.5 Å². The van der Waals surface area contributed by atoms with E-state index in [1.165, 1.54) is 0 Å². The number of sulfonamides is 1. The van der Waals surface area contributed by atoms with Gasteiger partial charge in [-0.25, -0.2) is 8.42 Å². The monoisotopic (exact) mass is 433 g/mol. The first-order valence-electron chi connectivity index (χ1n) is 8.46. The van der Waals surface area contributed by atoms with Crippen molar-refractivity contribution in [3.8, 4) is 0 Å². The van der Waals surface area contributed by atoms with Crippen molar-refractivity contribution in [2.24, 2.45) is 0 Å². The molecule has 3 aromatic carbocycles. The van der Waals surface area contributed by atoms with Crippen molar-refractivity contribution in [3.05, 3.63) is 64.8 Å². The number of benzene rings is 3. The van der Waals surface area contributed by atoms with E-state index in [1.807, 2.05) is 37.2 Å². The quantitative estimate of drug-likeness (QED) is 0.446. The van der Waals surface area contributed by atoms with E-state index in [-0.39, 0.29) is 4.90 Å². The highest BCUT2D eigenvalue weighted by molar-refractivity contribution is 7.93. The number of hydrogen-bond donors (Lipinski definition) is 2. The largest absolute Gasteiger partial charge is 0.377 e. The molecule has 0 radical (unpaired) electrons. The van der Waals surface area contributed by atoms with Crippen molar-refractivity contribution in [2.75, 3.05) is 23.7 Å². The Balaban J connectivity index is 1.87. The molecular formula is C20H17Cl2N3O2S. The number of nitrogens with one attached hydrogen (secondary N) is 2. The number of hydrogen-bond acceptors (Lipinski definition) is 3. The molecule has 0 aliphatic heterocycles. The molecule has 4 aromatic rings. The van der Waals surface area contributed by atoms with Gasteiger partial charge >= 0.3 is 0 Å². The molecule has 0 spiro atoms. The molecule has 0 amide bonds. The lowest BCUT2D eigenvalue weighted by atomic mass is 10.1. The SMILES string of the molecule is CN(C)c1cccc2c(S(=O)(=O)Nc3ccc(Cl)c4c(Cl)c[nH]c34)cccc12. The zero-order valence-corrected chi connectivity index (χ0v) is 17.5. The van der Waals surface area contributed by atoms with E-state index >= 15 is 0 Å². The van der Waals surface area contributed by atoms with E-state index in [0.717, 1.165) is 11.1 Å². The smallest absolute Gasteiger partial charge is 0.262 e. The molecule has 0 fully saturated rings. The fourth-order valence-corrected chi connectivity index (χ4v) is 5.20. The molecule has 8 heteroatoms. The Morgan fingerprint density at radius 2 is 1.64 bits per heavy atom. The number of rotatable bonds is 4. The fourth-order valence-electron chi connectivity index (χ4n) is 3.34. The van der Waals surface area contributed by atoms with Crippen molar-refractivity contribution >= 4 is 66.3 Å². The Bertz CT molecular complexity index is 1310. The van der Waals surface area contributed by atoms with Gasteiger partial charge < -0.3 is 9.88 Å². The average molecular weight is 434 g/mol. The first kappa shape index (κ1) is 18.9. The van der Waals surface area contributed by atoms with Crippen molar-refractivity contribution < 1.29 is 8.42 Å². The minimum absolute atomic E-state index is 0.203. The van der Waals surface area contributed by atoms with Gasteiger partial charge in [-0.2, -0.15) is 0 Å². The maximum atomic E-state index is 13.2. The number of aromatic nitrogens is 1. The number of anilines is 2. The second-order valence-corrected chi connectivity index (χ2v) is 9.08. The summed E-state index contributed by atoms with van der Waals surface area (Å²) in [6.07, 6.45) is 1.58. The van der Waals surface area contributed by atoms with Gasteiger partial charge in [0.25, 0.3) is 10.0 Å². The van der Waals surface area contributed by atoms with Gasteiger partial charge in [0, 0.05) is 42.1 Å². The summed E-state index contributed by atoms with van der Waals surface area (Å²) in [7, 11) is -0.00367. The Labute approximate surface area is 172 Å². The van der Waals surface area contributed by atoms with Crippen molar-refractivity contribution in [1.82, 2.24) is 4.98 Å². The van der Waals surface area contributed by atoms with Crippen LogP contribution >= 0.6 is 23.2 Å². The van der Waals surface area contributed by atoms with E-state index < -0.39 is 10.0 Å². The Kier molecular flexibility index (Phi) is 4.65. The first-order chi connectivity index (χ1) is 13.3. The molecule has 0 saturated carbocycles. The summed E-state index contributed by atoms with van der Waals surface area (Å²) in [5.41, 5.74) is 1.86. The van der Waals surface area contributed by atoms with Crippen LogP contribution < -0.4 is 9.62 Å². The second-order valence-electron chi connectivity index (χ2n) is 6.61. The van der Waals surface area contributed by atoms with E-state index in [4.69, 9.17) is 23.2 Å². The average Bonchev–Trinajstić information content (AvgIpc) is 3.05. The molecular weight excluding hydrogens is 417 g/mol. The number of aromatic amines is 1. The topological polar surface area (TPSA) is 65.2 Å². The molecule has 1 aromatic heterocycles. The van der Waals surface area contributed by atoms with Crippen LogP contribution in [0.3, 0.4) is 0 Å². The molecule has 144 valence electrons. The number of halogens is 2. The summed E-state index contributed by atoms with van der Waals surface area (Å²) in [5.74, 6) is 0. The lowest BCUT2D eigenvalue weighted by Gasteiger charge is -2.17. The molecule has 0 bridgehead atoms. The fraction of sp³-hybridized carbons (Fsp3) is 0.100. The Hall–Kier alpha value is -2.41. The minimum atomic E-state index is -3.85. The van der Waals surface area contributed by atoms with Gasteiger partial charge in [0.05, 0.1) is 26.1 Å². The number of nitrogens with zero attached hydrogens (tertiary/aromatic N) is 1. The van der Waals surface area contributed by atoms with Crippen LogP contribution in [0.4, 0.5) is 11.4 Å². The van der Waals surface area contributed by atoms with Crippen LogP contribution in [0, 0.1) is 0 Å². The molecule has 4 rings (SSSR count). The molecule has 5 nitrogen and oxygen atoms in total. The third-order valence-corrected chi connectivity index (χ3v) is 6.65. The zero-order valence-electron chi connectivity index (χ0n) is 15.1. The highest BCUT2D eigenvalue weighted by atomic mass is 35.5. The summed E-state index contributed by atoms with van der Waals surface area (Å²) in [6.45, 7) is 0. The molecule has 2 N–H and O–H groups in total. The molecule has 0 atom stereocenters. The summed E-state index contributed by atoms with van der Waals surface area (Å²) in [6, 6.07) is 14.1. The summed E-state index contributed by atoms with van der Waals surface area (Å²) in [5, 5.41) is 2.97. The van der Waals surface area contributed by atoms with Gasteiger partial charge in [0.1, 0.15) is 0 Å². The molecule has 0 unspecified atom stereocenters. The third kappa shape index (κ3) is 3.07. The highest BCUT2D eigenvalue weighted by Crippen LogP contribution is 2.36. The first-order valence-corrected chi connectivity index (χ1v) is 10.7. The second kappa shape index (κ2) is 6.88. The normalized spacial score (nSPS) is 11.9. The Morgan fingerprint density at radius 3 is 2.39 bits per heavy atom. The maximum absolute atomic E-state index is 13.2. The lowest BCUT2D eigenvalue weighted by Crippen LogP contribution is -2.14. The van der Waals surface area contributed by atoms with E-state index in [2.05, 4.69) is 9.71 Å². The van der Waals surface area contributed by atoms with Crippen molar-refractivity contribution in [3.63, 3.8) is 0 Å². The predicted octanol–water partition coefficient (Wildman–Crippen LogP) is 5.49. The molecule has 0 aliphatic rings. The van der Waals surface area contributed by atoms with Crippen molar-refractivity contribution in [1.29, 1.82) is 0 Å². The maximum Gasteiger partial charge on any atom is 0.262 e. The molecule has 1 heterocycles. The zero-order chi connectivity index (χ0) is 20.1. The van der Waals surface area contributed by atoms with Crippen LogP contribution in [0.15, 0.2) is 59.6 Å². The van der Waals surface area contributed by atoms with Crippen LogP contribution in [0.2, 0.25) is 10.0 Å². The van der Waals surface area contributed by atoms with E-state index in [0.29, 0.717) is 32.0 Å². The van der Waals surface area contributed by atoms with Crippen LogP contribution in [-0.4, -0.2) is 27.5 Å². The number of H-pyrrole nitrogens is 1. The van der Waals surface area contributed by atoms with Crippen molar-refractivity contribution in [2.45, 2.75) is 4.90 Å². The van der Waals surface area contributed by atoms with Gasteiger partial charge in [-0.15, -0.1) is 0 Å². The third-order valence-electron chi connectivity index (χ3n) is 4.61. The van der Waals surface area contributed by atoms with Gasteiger partial charge in [0.2, 0.25) is 0 Å². The minimum Gasteiger partial charge on any atom is -0.377 e. The molecule has 0 aliphatic carbocycles. The standard InChI is InChI=1S/C20H17Cl2N3O2S/c1-25(2)17-7-3-6-13-12(17)5-4-8-18(13)28(26,27)24-16-10-9-14(21)19-15(22)11-23-20(16)19/h3-11,23-24H,1-2H3.